The standard InChI is InChI=1S/C22H24N2/c1-21(17-23,19-11-5-3-6-12-19)15-9-10-16-22(2,18-24)20-13-7-4-8-14-20/h3-8,11-14H,9-10,15-16H2,1-2H3. The molecule has 0 aliphatic carbocycles. The molecule has 0 bridgehead atoms. The Hall–Kier alpha value is -2.58. The second-order valence-electron chi connectivity index (χ2n) is 6.83. The monoisotopic (exact) mass is 316 g/mol. The van der Waals surface area contributed by atoms with E-state index in [1.54, 1.807) is 0 Å². The van der Waals surface area contributed by atoms with Crippen LogP contribution in [0.3, 0.4) is 0 Å². The van der Waals surface area contributed by atoms with E-state index in [1.807, 2.05) is 74.5 Å². The Morgan fingerprint density at radius 3 is 1.29 bits per heavy atom. The first-order chi connectivity index (χ1) is 11.5. The molecule has 2 unspecified atom stereocenters. The fourth-order valence-corrected chi connectivity index (χ4v) is 3.10. The van der Waals surface area contributed by atoms with Gasteiger partial charge in [-0.3, -0.25) is 0 Å². The van der Waals surface area contributed by atoms with Gasteiger partial charge in [0.15, 0.2) is 0 Å². The molecule has 2 aromatic carbocycles. The predicted molar refractivity (Wildman–Crippen MR) is 97.3 cm³/mol. The highest BCUT2D eigenvalue weighted by Gasteiger charge is 2.28. The average Bonchev–Trinajstić information content (AvgIpc) is 2.66. The van der Waals surface area contributed by atoms with E-state index in [2.05, 4.69) is 12.1 Å². The zero-order valence-electron chi connectivity index (χ0n) is 14.5. The smallest absolute Gasteiger partial charge is 0.0794 e. The number of nitriles is 2. The maximum absolute atomic E-state index is 9.62. The molecule has 2 rings (SSSR count). The number of hydrogen-bond donors (Lipinski definition) is 0. The van der Waals surface area contributed by atoms with Gasteiger partial charge in [0.05, 0.1) is 23.0 Å². The molecule has 0 aliphatic rings. The second kappa shape index (κ2) is 7.80. The Bertz CT molecular complexity index is 659. The maximum Gasteiger partial charge on any atom is 0.0794 e. The molecule has 2 nitrogen and oxygen atoms in total. The van der Waals surface area contributed by atoms with E-state index in [9.17, 15) is 10.5 Å². The minimum Gasteiger partial charge on any atom is -0.197 e. The summed E-state index contributed by atoms with van der Waals surface area (Å²) in [5.41, 5.74) is 1.21. The van der Waals surface area contributed by atoms with Crippen LogP contribution in [0.5, 0.6) is 0 Å². The highest BCUT2D eigenvalue weighted by molar-refractivity contribution is 5.32. The largest absolute Gasteiger partial charge is 0.197 e. The van der Waals surface area contributed by atoms with Gasteiger partial charge in [-0.25, -0.2) is 0 Å². The van der Waals surface area contributed by atoms with Crippen molar-refractivity contribution in [2.24, 2.45) is 0 Å². The van der Waals surface area contributed by atoms with Gasteiger partial charge in [-0.2, -0.15) is 10.5 Å². The number of rotatable bonds is 7. The van der Waals surface area contributed by atoms with Gasteiger partial charge >= 0.3 is 0 Å². The van der Waals surface area contributed by atoms with E-state index in [0.29, 0.717) is 0 Å². The molecule has 0 saturated carbocycles. The molecule has 0 heterocycles. The van der Waals surface area contributed by atoms with Crippen molar-refractivity contribution >= 4 is 0 Å². The van der Waals surface area contributed by atoms with E-state index in [-0.39, 0.29) is 0 Å². The summed E-state index contributed by atoms with van der Waals surface area (Å²) in [7, 11) is 0. The molecular weight excluding hydrogens is 292 g/mol. The molecule has 0 aliphatic heterocycles. The van der Waals surface area contributed by atoms with Crippen LogP contribution in [0.25, 0.3) is 0 Å². The van der Waals surface area contributed by atoms with E-state index >= 15 is 0 Å². The lowest BCUT2D eigenvalue weighted by Gasteiger charge is -2.25. The van der Waals surface area contributed by atoms with Crippen LogP contribution in [-0.4, -0.2) is 0 Å². The van der Waals surface area contributed by atoms with Crippen molar-refractivity contribution in [2.45, 2.75) is 50.4 Å². The third kappa shape index (κ3) is 4.03. The number of benzene rings is 2. The van der Waals surface area contributed by atoms with Crippen LogP contribution in [0, 0.1) is 22.7 Å². The van der Waals surface area contributed by atoms with Crippen LogP contribution >= 0.6 is 0 Å². The highest BCUT2D eigenvalue weighted by Crippen LogP contribution is 2.32. The van der Waals surface area contributed by atoms with Crippen molar-refractivity contribution in [3.8, 4) is 12.1 Å². The molecule has 0 radical (unpaired) electrons. The van der Waals surface area contributed by atoms with Crippen molar-refractivity contribution in [3.05, 3.63) is 71.8 Å². The summed E-state index contributed by atoms with van der Waals surface area (Å²) in [6.07, 6.45) is 3.49. The van der Waals surface area contributed by atoms with Crippen molar-refractivity contribution < 1.29 is 0 Å². The van der Waals surface area contributed by atoms with Crippen LogP contribution in [0.4, 0.5) is 0 Å². The number of nitrogens with zero attached hydrogens (tertiary/aromatic N) is 2. The van der Waals surface area contributed by atoms with Crippen molar-refractivity contribution in [1.29, 1.82) is 10.5 Å². The Morgan fingerprint density at radius 1 is 0.667 bits per heavy atom. The Balaban J connectivity index is 1.97. The normalized spacial score (nSPS) is 15.5. The minimum absolute atomic E-state index is 0.461. The first-order valence-corrected chi connectivity index (χ1v) is 8.48. The number of hydrogen-bond acceptors (Lipinski definition) is 2. The summed E-state index contributed by atoms with van der Waals surface area (Å²) in [4.78, 5) is 0. The van der Waals surface area contributed by atoms with Gasteiger partial charge in [0.25, 0.3) is 0 Å². The van der Waals surface area contributed by atoms with Gasteiger partial charge in [-0.05, 0) is 37.8 Å². The van der Waals surface area contributed by atoms with Gasteiger partial charge in [0, 0.05) is 0 Å². The summed E-state index contributed by atoms with van der Waals surface area (Å²) in [6.45, 7) is 4.01. The first-order valence-electron chi connectivity index (χ1n) is 8.48. The van der Waals surface area contributed by atoms with Gasteiger partial charge in [0.1, 0.15) is 0 Å². The molecule has 2 heteroatoms. The minimum atomic E-state index is -0.461. The summed E-state index contributed by atoms with van der Waals surface area (Å²) in [6, 6.07) is 24.9. The molecule has 0 amide bonds. The lowest BCUT2D eigenvalue weighted by molar-refractivity contribution is 0.459. The quantitative estimate of drug-likeness (QED) is 0.632. The van der Waals surface area contributed by atoms with E-state index in [0.717, 1.165) is 36.8 Å². The molecular formula is C22H24N2. The van der Waals surface area contributed by atoms with Crippen LogP contribution in [0.15, 0.2) is 60.7 Å². The maximum atomic E-state index is 9.62. The third-order valence-electron chi connectivity index (χ3n) is 4.92. The lowest BCUT2D eigenvalue weighted by atomic mass is 9.76. The fraction of sp³-hybridized carbons (Fsp3) is 0.364. The lowest BCUT2D eigenvalue weighted by Crippen LogP contribution is -2.21. The van der Waals surface area contributed by atoms with Crippen molar-refractivity contribution in [1.82, 2.24) is 0 Å². The van der Waals surface area contributed by atoms with Crippen molar-refractivity contribution in [2.75, 3.05) is 0 Å². The molecule has 2 aromatic rings. The zero-order valence-corrected chi connectivity index (χ0v) is 14.5. The molecule has 0 N–H and O–H groups in total. The average molecular weight is 316 g/mol. The fourth-order valence-electron chi connectivity index (χ4n) is 3.10. The Kier molecular flexibility index (Phi) is 5.78. The molecule has 2 atom stereocenters. The van der Waals surface area contributed by atoms with E-state index < -0.39 is 10.8 Å². The van der Waals surface area contributed by atoms with Crippen LogP contribution in [0.2, 0.25) is 0 Å². The topological polar surface area (TPSA) is 47.6 Å². The summed E-state index contributed by atoms with van der Waals surface area (Å²) in [5, 5.41) is 19.2. The summed E-state index contributed by atoms with van der Waals surface area (Å²) < 4.78 is 0. The van der Waals surface area contributed by atoms with E-state index in [1.165, 1.54) is 0 Å². The Labute approximate surface area is 145 Å². The molecule has 0 spiro atoms. The van der Waals surface area contributed by atoms with Gasteiger partial charge < -0.3 is 0 Å². The van der Waals surface area contributed by atoms with Crippen LogP contribution in [-0.2, 0) is 10.8 Å². The van der Waals surface area contributed by atoms with E-state index in [4.69, 9.17) is 0 Å². The first kappa shape index (κ1) is 17.8. The predicted octanol–water partition coefficient (Wildman–Crippen LogP) is 5.51. The molecule has 24 heavy (non-hydrogen) atoms. The SMILES string of the molecule is CC(C#N)(CCCCC(C)(C#N)c1ccccc1)c1ccccc1. The van der Waals surface area contributed by atoms with Crippen LogP contribution < -0.4 is 0 Å². The Morgan fingerprint density at radius 2 is 1.00 bits per heavy atom. The number of unbranched alkanes of at least 4 members (excludes halogenated alkanes) is 1. The molecule has 122 valence electrons. The highest BCUT2D eigenvalue weighted by atomic mass is 14.4. The summed E-state index contributed by atoms with van der Waals surface area (Å²) >= 11 is 0. The zero-order chi connectivity index (χ0) is 17.5. The van der Waals surface area contributed by atoms with Gasteiger partial charge in [0.2, 0.25) is 0 Å². The molecule has 0 saturated heterocycles. The van der Waals surface area contributed by atoms with Gasteiger partial charge in [-0.1, -0.05) is 73.5 Å². The molecule has 0 fully saturated rings. The molecule has 0 aromatic heterocycles. The van der Waals surface area contributed by atoms with Gasteiger partial charge in [-0.15, -0.1) is 0 Å². The summed E-state index contributed by atoms with van der Waals surface area (Å²) in [5.74, 6) is 0. The van der Waals surface area contributed by atoms with Crippen molar-refractivity contribution in [3.63, 3.8) is 0 Å². The second-order valence-corrected chi connectivity index (χ2v) is 6.83. The van der Waals surface area contributed by atoms with Crippen LogP contribution in [0.1, 0.15) is 50.7 Å². The third-order valence-corrected chi connectivity index (χ3v) is 4.92.